The number of benzene rings is 1. The first-order valence-electron chi connectivity index (χ1n) is 6.51. The quantitative estimate of drug-likeness (QED) is 0.793. The number of aromatic nitrogens is 3. The van der Waals surface area contributed by atoms with Gasteiger partial charge in [-0.25, -0.2) is 15.0 Å². The summed E-state index contributed by atoms with van der Waals surface area (Å²) < 4.78 is 5.13. The molecule has 0 aliphatic rings. The number of methoxy groups -OCH3 is 1. The number of ether oxygens (including phenoxy) is 1. The van der Waals surface area contributed by atoms with Gasteiger partial charge in [0.2, 0.25) is 11.8 Å². The van der Waals surface area contributed by atoms with Gasteiger partial charge in [0.25, 0.3) is 0 Å². The summed E-state index contributed by atoms with van der Waals surface area (Å²) in [6.45, 7) is 0. The van der Waals surface area contributed by atoms with E-state index in [0.717, 1.165) is 16.9 Å². The van der Waals surface area contributed by atoms with Crippen molar-refractivity contribution in [3.63, 3.8) is 0 Å². The minimum Gasteiger partial charge on any atom is -0.481 e. The van der Waals surface area contributed by atoms with Crippen LogP contribution in [0.15, 0.2) is 60.9 Å². The van der Waals surface area contributed by atoms with Crippen molar-refractivity contribution in [3.05, 3.63) is 60.9 Å². The van der Waals surface area contributed by atoms with Gasteiger partial charge < -0.3 is 10.1 Å². The van der Waals surface area contributed by atoms with Crippen LogP contribution >= 0.6 is 0 Å². The highest BCUT2D eigenvalue weighted by Gasteiger charge is 2.04. The van der Waals surface area contributed by atoms with Crippen molar-refractivity contribution in [2.24, 2.45) is 0 Å². The van der Waals surface area contributed by atoms with E-state index in [-0.39, 0.29) is 0 Å². The fourth-order valence-electron chi connectivity index (χ4n) is 1.91. The molecule has 5 nitrogen and oxygen atoms in total. The molecule has 1 aromatic carbocycles. The molecule has 21 heavy (non-hydrogen) atoms. The lowest BCUT2D eigenvalue weighted by atomic mass is 10.2. The summed E-state index contributed by atoms with van der Waals surface area (Å²) in [6, 6.07) is 15.4. The number of nitrogens with zero attached hydrogens (tertiary/aromatic N) is 3. The molecule has 0 amide bonds. The average Bonchev–Trinajstić information content (AvgIpc) is 2.56. The number of pyridine rings is 1. The highest BCUT2D eigenvalue weighted by atomic mass is 16.5. The van der Waals surface area contributed by atoms with Gasteiger partial charge in [0.1, 0.15) is 0 Å². The monoisotopic (exact) mass is 278 g/mol. The van der Waals surface area contributed by atoms with Gasteiger partial charge in [0.15, 0.2) is 0 Å². The molecule has 0 saturated carbocycles. The van der Waals surface area contributed by atoms with Gasteiger partial charge >= 0.3 is 0 Å². The fourth-order valence-corrected chi connectivity index (χ4v) is 1.91. The highest BCUT2D eigenvalue weighted by Crippen LogP contribution is 2.21. The summed E-state index contributed by atoms with van der Waals surface area (Å²) in [5, 5.41) is 3.17. The van der Waals surface area contributed by atoms with Crippen LogP contribution in [-0.4, -0.2) is 22.1 Å². The molecule has 0 spiro atoms. The minimum atomic E-state index is 0.550. The summed E-state index contributed by atoms with van der Waals surface area (Å²) in [5.74, 6) is 1.11. The zero-order valence-electron chi connectivity index (χ0n) is 11.5. The predicted octanol–water partition coefficient (Wildman–Crippen LogP) is 3.29. The van der Waals surface area contributed by atoms with E-state index in [1.54, 1.807) is 19.5 Å². The van der Waals surface area contributed by atoms with Gasteiger partial charge in [-0.2, -0.15) is 0 Å². The van der Waals surface area contributed by atoms with Gasteiger partial charge in [0.05, 0.1) is 12.8 Å². The molecule has 0 aliphatic heterocycles. The van der Waals surface area contributed by atoms with E-state index >= 15 is 0 Å². The van der Waals surface area contributed by atoms with Crippen LogP contribution in [0.25, 0.3) is 11.3 Å². The van der Waals surface area contributed by atoms with Gasteiger partial charge in [-0.3, -0.25) is 0 Å². The van der Waals surface area contributed by atoms with Crippen molar-refractivity contribution >= 4 is 11.6 Å². The Morgan fingerprint density at radius 1 is 0.952 bits per heavy atom. The summed E-state index contributed by atoms with van der Waals surface area (Å²) in [5.41, 5.74) is 2.69. The number of para-hydroxylation sites is 1. The molecule has 0 radical (unpaired) electrons. The average molecular weight is 278 g/mol. The third-order valence-electron chi connectivity index (χ3n) is 2.93. The van der Waals surface area contributed by atoms with Crippen LogP contribution in [0.1, 0.15) is 0 Å². The standard InChI is InChI=1S/C16H14N4O/c1-21-15-11-12(7-9-17-15)14-8-10-18-16(20-14)19-13-5-3-2-4-6-13/h2-11H,1H3,(H,18,19,20). The van der Waals surface area contributed by atoms with Crippen LogP contribution in [0.4, 0.5) is 11.6 Å². The van der Waals surface area contributed by atoms with Crippen LogP contribution in [-0.2, 0) is 0 Å². The largest absolute Gasteiger partial charge is 0.481 e. The molecule has 104 valence electrons. The van der Waals surface area contributed by atoms with Gasteiger partial charge in [-0.05, 0) is 24.3 Å². The van der Waals surface area contributed by atoms with Crippen molar-refractivity contribution in [1.29, 1.82) is 0 Å². The molecule has 3 aromatic rings. The Bertz CT molecular complexity index is 731. The molecule has 0 atom stereocenters. The zero-order chi connectivity index (χ0) is 14.5. The van der Waals surface area contributed by atoms with Crippen LogP contribution < -0.4 is 10.1 Å². The SMILES string of the molecule is COc1cc(-c2ccnc(Nc3ccccc3)n2)ccn1. The lowest BCUT2D eigenvalue weighted by Gasteiger charge is -2.07. The molecule has 0 unspecified atom stereocenters. The zero-order valence-corrected chi connectivity index (χ0v) is 11.5. The number of hydrogen-bond acceptors (Lipinski definition) is 5. The summed E-state index contributed by atoms with van der Waals surface area (Å²) >= 11 is 0. The van der Waals surface area contributed by atoms with Gasteiger partial charge in [0, 0.05) is 29.7 Å². The molecule has 0 aliphatic carbocycles. The number of rotatable bonds is 4. The maximum absolute atomic E-state index is 5.13. The molecular weight excluding hydrogens is 264 g/mol. The topological polar surface area (TPSA) is 59.9 Å². The summed E-state index contributed by atoms with van der Waals surface area (Å²) in [7, 11) is 1.59. The maximum atomic E-state index is 5.13. The van der Waals surface area contributed by atoms with Crippen molar-refractivity contribution in [2.45, 2.75) is 0 Å². The van der Waals surface area contributed by atoms with Crippen molar-refractivity contribution in [1.82, 2.24) is 15.0 Å². The first kappa shape index (κ1) is 13.1. The predicted molar refractivity (Wildman–Crippen MR) is 81.5 cm³/mol. The molecule has 5 heteroatoms. The molecule has 3 rings (SSSR count). The Balaban J connectivity index is 1.89. The normalized spacial score (nSPS) is 10.1. The molecule has 0 saturated heterocycles. The maximum Gasteiger partial charge on any atom is 0.227 e. The van der Waals surface area contributed by atoms with E-state index in [2.05, 4.69) is 20.3 Å². The third-order valence-corrected chi connectivity index (χ3v) is 2.93. The van der Waals surface area contributed by atoms with Crippen molar-refractivity contribution < 1.29 is 4.74 Å². The Kier molecular flexibility index (Phi) is 3.73. The minimum absolute atomic E-state index is 0.550. The molecular formula is C16H14N4O. The second-order valence-electron chi connectivity index (χ2n) is 4.34. The van der Waals surface area contributed by atoms with Gasteiger partial charge in [-0.15, -0.1) is 0 Å². The lowest BCUT2D eigenvalue weighted by molar-refractivity contribution is 0.398. The summed E-state index contributed by atoms with van der Waals surface area (Å²) in [6.07, 6.45) is 3.42. The smallest absolute Gasteiger partial charge is 0.227 e. The lowest BCUT2D eigenvalue weighted by Crippen LogP contribution is -1.98. The molecule has 0 fully saturated rings. The Morgan fingerprint density at radius 2 is 1.76 bits per heavy atom. The van der Waals surface area contributed by atoms with Crippen LogP contribution in [0, 0.1) is 0 Å². The fraction of sp³-hybridized carbons (Fsp3) is 0.0625. The molecule has 0 bridgehead atoms. The van der Waals surface area contributed by atoms with Crippen LogP contribution in [0.5, 0.6) is 5.88 Å². The summed E-state index contributed by atoms with van der Waals surface area (Å²) in [4.78, 5) is 12.8. The van der Waals surface area contributed by atoms with E-state index in [0.29, 0.717) is 11.8 Å². The van der Waals surface area contributed by atoms with E-state index < -0.39 is 0 Å². The van der Waals surface area contributed by atoms with E-state index in [4.69, 9.17) is 4.74 Å². The second kappa shape index (κ2) is 6.00. The van der Waals surface area contributed by atoms with Crippen molar-refractivity contribution in [2.75, 3.05) is 12.4 Å². The third kappa shape index (κ3) is 3.14. The van der Waals surface area contributed by atoms with Crippen molar-refractivity contribution in [3.8, 4) is 17.1 Å². The van der Waals surface area contributed by atoms with Crippen LogP contribution in [0.2, 0.25) is 0 Å². The molecule has 2 aromatic heterocycles. The first-order chi connectivity index (χ1) is 10.3. The van der Waals surface area contributed by atoms with Gasteiger partial charge in [-0.1, -0.05) is 18.2 Å². The first-order valence-corrected chi connectivity index (χ1v) is 6.51. The number of nitrogens with one attached hydrogen (secondary N) is 1. The Morgan fingerprint density at radius 3 is 2.57 bits per heavy atom. The van der Waals surface area contributed by atoms with E-state index in [1.807, 2.05) is 48.5 Å². The number of hydrogen-bond donors (Lipinski definition) is 1. The Hall–Kier alpha value is -2.95. The van der Waals surface area contributed by atoms with Crippen LogP contribution in [0.3, 0.4) is 0 Å². The van der Waals surface area contributed by atoms with E-state index in [9.17, 15) is 0 Å². The second-order valence-corrected chi connectivity index (χ2v) is 4.34. The molecule has 1 N–H and O–H groups in total. The Labute approximate surface area is 122 Å². The highest BCUT2D eigenvalue weighted by molar-refractivity contribution is 5.62. The van der Waals surface area contributed by atoms with E-state index in [1.165, 1.54) is 0 Å². The molecule has 2 heterocycles. The number of anilines is 2.